The van der Waals surface area contributed by atoms with Gasteiger partial charge in [0.2, 0.25) is 0 Å². The van der Waals surface area contributed by atoms with Gasteiger partial charge < -0.3 is 4.57 Å². The van der Waals surface area contributed by atoms with Gasteiger partial charge in [-0.1, -0.05) is 25.4 Å². The van der Waals surface area contributed by atoms with Gasteiger partial charge in [0.1, 0.15) is 10.7 Å². The molecule has 0 fully saturated rings. The number of aryl methyl sites for hydroxylation is 1. The van der Waals surface area contributed by atoms with Gasteiger partial charge in [0.15, 0.2) is 5.65 Å². The normalized spacial score (nSPS) is 11.5. The van der Waals surface area contributed by atoms with Crippen LogP contribution in [0.1, 0.15) is 25.5 Å². The van der Waals surface area contributed by atoms with Gasteiger partial charge in [-0.2, -0.15) is 0 Å². The monoisotopic (exact) mass is 209 g/mol. The van der Waals surface area contributed by atoms with Gasteiger partial charge in [-0.3, -0.25) is 0 Å². The van der Waals surface area contributed by atoms with E-state index in [-0.39, 0.29) is 0 Å². The molecule has 0 radical (unpaired) electrons. The Morgan fingerprint density at radius 3 is 2.79 bits per heavy atom. The van der Waals surface area contributed by atoms with Crippen molar-refractivity contribution in [1.29, 1.82) is 0 Å². The fourth-order valence-corrected chi connectivity index (χ4v) is 1.76. The summed E-state index contributed by atoms with van der Waals surface area (Å²) in [7, 11) is 1.99. The third-order valence-electron chi connectivity index (χ3n) is 2.33. The van der Waals surface area contributed by atoms with Crippen molar-refractivity contribution in [1.82, 2.24) is 14.5 Å². The molecule has 0 saturated heterocycles. The molecular weight excluding hydrogens is 198 g/mol. The number of hydrogen-bond donors (Lipinski definition) is 0. The van der Waals surface area contributed by atoms with E-state index in [1.165, 1.54) is 5.69 Å². The first kappa shape index (κ1) is 9.46. The molecule has 14 heavy (non-hydrogen) atoms. The topological polar surface area (TPSA) is 30.7 Å². The molecule has 0 aliphatic carbocycles. The zero-order chi connectivity index (χ0) is 10.3. The third kappa shape index (κ3) is 1.38. The molecule has 0 N–H and O–H groups in total. The van der Waals surface area contributed by atoms with Crippen molar-refractivity contribution in [2.45, 2.75) is 19.8 Å². The maximum Gasteiger partial charge on any atom is 0.160 e. The zero-order valence-electron chi connectivity index (χ0n) is 8.45. The van der Waals surface area contributed by atoms with E-state index in [0.29, 0.717) is 11.1 Å². The highest BCUT2D eigenvalue weighted by molar-refractivity contribution is 6.29. The van der Waals surface area contributed by atoms with Crippen LogP contribution in [0.15, 0.2) is 12.3 Å². The summed E-state index contributed by atoms with van der Waals surface area (Å²) < 4.78 is 2.04. The lowest BCUT2D eigenvalue weighted by molar-refractivity contribution is 0.750. The lowest BCUT2D eigenvalue weighted by Crippen LogP contribution is -1.98. The summed E-state index contributed by atoms with van der Waals surface area (Å²) in [6, 6.07) is 2.06. The van der Waals surface area contributed by atoms with E-state index in [2.05, 4.69) is 29.9 Å². The second-order valence-electron chi connectivity index (χ2n) is 3.68. The average molecular weight is 210 g/mol. The summed E-state index contributed by atoms with van der Waals surface area (Å²) in [5.41, 5.74) is 2.98. The summed E-state index contributed by atoms with van der Waals surface area (Å²) in [6.45, 7) is 4.30. The molecule has 0 amide bonds. The molecule has 0 unspecified atom stereocenters. The Bertz CT molecular complexity index is 473. The molecule has 2 aromatic heterocycles. The van der Waals surface area contributed by atoms with Crippen LogP contribution < -0.4 is 0 Å². The first-order valence-corrected chi connectivity index (χ1v) is 4.95. The molecule has 4 heteroatoms. The van der Waals surface area contributed by atoms with Crippen molar-refractivity contribution in [2.75, 3.05) is 0 Å². The highest BCUT2D eigenvalue weighted by Gasteiger charge is 2.10. The number of halogens is 1. The molecular formula is C10H12ClN3. The average Bonchev–Trinajstić information content (AvgIpc) is 2.44. The second-order valence-corrected chi connectivity index (χ2v) is 4.07. The smallest absolute Gasteiger partial charge is 0.160 e. The van der Waals surface area contributed by atoms with Crippen LogP contribution >= 0.6 is 11.6 Å². The van der Waals surface area contributed by atoms with Crippen LogP contribution in [-0.4, -0.2) is 14.5 Å². The Hall–Kier alpha value is -1.09. The van der Waals surface area contributed by atoms with E-state index in [0.717, 1.165) is 11.2 Å². The zero-order valence-corrected chi connectivity index (χ0v) is 9.21. The van der Waals surface area contributed by atoms with Crippen molar-refractivity contribution in [3.63, 3.8) is 0 Å². The molecule has 0 aromatic carbocycles. The van der Waals surface area contributed by atoms with Crippen LogP contribution in [0.25, 0.3) is 11.2 Å². The Balaban J connectivity index is 2.74. The minimum atomic E-state index is 0.439. The predicted molar refractivity (Wildman–Crippen MR) is 57.6 cm³/mol. The van der Waals surface area contributed by atoms with Gasteiger partial charge in [0, 0.05) is 12.7 Å². The van der Waals surface area contributed by atoms with Gasteiger partial charge in [-0.05, 0) is 12.0 Å². The van der Waals surface area contributed by atoms with E-state index in [4.69, 9.17) is 11.6 Å². The summed E-state index contributed by atoms with van der Waals surface area (Å²) in [6.07, 6.45) is 1.58. The van der Waals surface area contributed by atoms with Crippen molar-refractivity contribution in [3.8, 4) is 0 Å². The molecule has 74 valence electrons. The predicted octanol–water partition coefficient (Wildman–Crippen LogP) is 2.75. The fourth-order valence-electron chi connectivity index (χ4n) is 1.63. The molecule has 3 nitrogen and oxygen atoms in total. The highest BCUT2D eigenvalue weighted by Crippen LogP contribution is 2.22. The molecule has 0 saturated carbocycles. The van der Waals surface area contributed by atoms with Crippen LogP contribution in [0.3, 0.4) is 0 Å². The minimum absolute atomic E-state index is 0.439. The van der Waals surface area contributed by atoms with Crippen LogP contribution in [0.5, 0.6) is 0 Å². The van der Waals surface area contributed by atoms with Crippen molar-refractivity contribution in [2.24, 2.45) is 7.05 Å². The maximum absolute atomic E-state index is 5.79. The third-order valence-corrected chi connectivity index (χ3v) is 2.52. The van der Waals surface area contributed by atoms with Gasteiger partial charge in [-0.25, -0.2) is 9.97 Å². The van der Waals surface area contributed by atoms with E-state index in [1.54, 1.807) is 6.20 Å². The van der Waals surface area contributed by atoms with Gasteiger partial charge in [0.05, 0.1) is 6.20 Å². The Kier molecular flexibility index (Phi) is 2.19. The first-order chi connectivity index (χ1) is 6.59. The Morgan fingerprint density at radius 2 is 2.14 bits per heavy atom. The summed E-state index contributed by atoms with van der Waals surface area (Å²) in [5, 5.41) is 0.439. The molecule has 0 spiro atoms. The Labute approximate surface area is 87.7 Å². The first-order valence-electron chi connectivity index (χ1n) is 4.57. The summed E-state index contributed by atoms with van der Waals surface area (Å²) >= 11 is 5.79. The molecule has 2 rings (SSSR count). The maximum atomic E-state index is 5.79. The molecule has 0 atom stereocenters. The lowest BCUT2D eigenvalue weighted by Gasteiger charge is -2.05. The lowest BCUT2D eigenvalue weighted by atomic mass is 10.1. The van der Waals surface area contributed by atoms with Gasteiger partial charge in [0.25, 0.3) is 0 Å². The van der Waals surface area contributed by atoms with E-state index in [1.807, 2.05) is 11.6 Å². The summed E-state index contributed by atoms with van der Waals surface area (Å²) in [4.78, 5) is 8.47. The second kappa shape index (κ2) is 3.24. The van der Waals surface area contributed by atoms with E-state index in [9.17, 15) is 0 Å². The molecule has 2 aromatic rings. The molecule has 2 heterocycles. The van der Waals surface area contributed by atoms with E-state index >= 15 is 0 Å². The minimum Gasteiger partial charge on any atom is -0.331 e. The van der Waals surface area contributed by atoms with Crippen LogP contribution in [-0.2, 0) is 7.05 Å². The molecule has 0 aliphatic rings. The van der Waals surface area contributed by atoms with Crippen LogP contribution in [0.2, 0.25) is 5.15 Å². The standard InChI is InChI=1S/C10H12ClN3/c1-6(2)8-4-7-10(14(8)3)13-9(11)5-12-7/h4-6H,1-3H3. The van der Waals surface area contributed by atoms with Crippen molar-refractivity contribution >= 4 is 22.8 Å². The van der Waals surface area contributed by atoms with Crippen molar-refractivity contribution in [3.05, 3.63) is 23.1 Å². The largest absolute Gasteiger partial charge is 0.331 e. The molecule has 0 bridgehead atoms. The SMILES string of the molecule is CC(C)c1cc2ncc(Cl)nc2n1C. The summed E-state index contributed by atoms with van der Waals surface area (Å²) in [5.74, 6) is 0.467. The van der Waals surface area contributed by atoms with Gasteiger partial charge >= 0.3 is 0 Å². The van der Waals surface area contributed by atoms with Crippen molar-refractivity contribution < 1.29 is 0 Å². The number of nitrogens with zero attached hydrogens (tertiary/aromatic N) is 3. The highest BCUT2D eigenvalue weighted by atomic mass is 35.5. The number of rotatable bonds is 1. The van der Waals surface area contributed by atoms with Crippen LogP contribution in [0, 0.1) is 0 Å². The van der Waals surface area contributed by atoms with E-state index < -0.39 is 0 Å². The quantitative estimate of drug-likeness (QED) is 0.723. The number of fused-ring (bicyclic) bond motifs is 1. The van der Waals surface area contributed by atoms with Crippen LogP contribution in [0.4, 0.5) is 0 Å². The fraction of sp³-hybridized carbons (Fsp3) is 0.400. The number of aromatic nitrogens is 3. The molecule has 0 aliphatic heterocycles. The number of hydrogen-bond acceptors (Lipinski definition) is 2. The Morgan fingerprint density at radius 1 is 1.43 bits per heavy atom. The van der Waals surface area contributed by atoms with Gasteiger partial charge in [-0.15, -0.1) is 0 Å².